The highest BCUT2D eigenvalue weighted by Crippen LogP contribution is 2.26. The fraction of sp³-hybridized carbons (Fsp3) is 0.300. The molecule has 0 unspecified atom stereocenters. The van der Waals surface area contributed by atoms with Crippen molar-refractivity contribution in [2.24, 2.45) is 0 Å². The van der Waals surface area contributed by atoms with Crippen LogP contribution in [0.2, 0.25) is 0 Å². The lowest BCUT2D eigenvalue weighted by atomic mass is 10.1. The fourth-order valence-corrected chi connectivity index (χ4v) is 3.56. The zero-order valence-corrected chi connectivity index (χ0v) is 15.9. The summed E-state index contributed by atoms with van der Waals surface area (Å²) < 4.78 is 13.8. The first-order valence-corrected chi connectivity index (χ1v) is 9.47. The lowest BCUT2D eigenvalue weighted by Crippen LogP contribution is -2.35. The molecule has 0 saturated heterocycles. The van der Waals surface area contributed by atoms with Gasteiger partial charge in [0.2, 0.25) is 5.91 Å². The Bertz CT molecular complexity index is 825. The highest BCUT2D eigenvalue weighted by atomic mass is 79.9. The number of para-hydroxylation sites is 1. The van der Waals surface area contributed by atoms with Crippen LogP contribution < -0.4 is 10.2 Å². The summed E-state index contributed by atoms with van der Waals surface area (Å²) in [5.74, 6) is -0.894. The van der Waals surface area contributed by atoms with E-state index in [1.165, 1.54) is 23.8 Å². The number of hydrogen-bond acceptors (Lipinski definition) is 2. The molecule has 0 atom stereocenters. The van der Waals surface area contributed by atoms with Crippen molar-refractivity contribution < 1.29 is 14.0 Å². The fourth-order valence-electron chi connectivity index (χ4n) is 3.14. The minimum atomic E-state index is -0.476. The third-order valence-corrected chi connectivity index (χ3v) is 5.15. The predicted octanol–water partition coefficient (Wildman–Crippen LogP) is 4.08. The van der Waals surface area contributed by atoms with Gasteiger partial charge >= 0.3 is 0 Å². The summed E-state index contributed by atoms with van der Waals surface area (Å²) in [7, 11) is 0. The smallest absolute Gasteiger partial charge is 0.252 e. The molecule has 26 heavy (non-hydrogen) atoms. The zero-order chi connectivity index (χ0) is 18.5. The van der Waals surface area contributed by atoms with Crippen LogP contribution >= 0.6 is 15.9 Å². The number of benzene rings is 2. The highest BCUT2D eigenvalue weighted by molar-refractivity contribution is 9.10. The van der Waals surface area contributed by atoms with E-state index in [2.05, 4.69) is 27.3 Å². The number of fused-ring (bicyclic) bond motifs is 1. The van der Waals surface area contributed by atoms with E-state index in [1.54, 1.807) is 0 Å². The molecule has 1 heterocycles. The van der Waals surface area contributed by atoms with Crippen molar-refractivity contribution >= 4 is 33.4 Å². The first-order valence-electron chi connectivity index (χ1n) is 8.68. The van der Waals surface area contributed by atoms with Crippen LogP contribution in [0.15, 0.2) is 46.9 Å². The van der Waals surface area contributed by atoms with E-state index < -0.39 is 11.7 Å². The van der Waals surface area contributed by atoms with Gasteiger partial charge in [-0.05, 0) is 65.0 Å². The lowest BCUT2D eigenvalue weighted by Gasteiger charge is -2.23. The molecular formula is C20H20BrFN2O2. The Hall–Kier alpha value is -2.21. The summed E-state index contributed by atoms with van der Waals surface area (Å²) in [5.41, 5.74) is 2.37. The monoisotopic (exact) mass is 418 g/mol. The van der Waals surface area contributed by atoms with Crippen molar-refractivity contribution in [3.63, 3.8) is 0 Å². The normalized spacial score (nSPS) is 13.7. The molecule has 1 N–H and O–H groups in total. The van der Waals surface area contributed by atoms with Crippen LogP contribution in [0.4, 0.5) is 10.1 Å². The molecule has 1 aliphatic rings. The number of nitrogens with one attached hydrogen (secondary N) is 1. The van der Waals surface area contributed by atoms with Gasteiger partial charge in [0.05, 0.1) is 5.56 Å². The van der Waals surface area contributed by atoms with Gasteiger partial charge in [0, 0.05) is 29.7 Å². The van der Waals surface area contributed by atoms with Crippen molar-refractivity contribution in [2.45, 2.75) is 25.7 Å². The molecule has 0 bridgehead atoms. The molecule has 3 rings (SSSR count). The summed E-state index contributed by atoms with van der Waals surface area (Å²) in [4.78, 5) is 26.7. The average Bonchev–Trinajstić information content (AvgIpc) is 2.86. The van der Waals surface area contributed by atoms with Gasteiger partial charge in [0.1, 0.15) is 5.82 Å². The average molecular weight is 419 g/mol. The molecular weight excluding hydrogens is 399 g/mol. The van der Waals surface area contributed by atoms with Gasteiger partial charge in [-0.3, -0.25) is 9.59 Å². The molecule has 4 nitrogen and oxygen atoms in total. The van der Waals surface area contributed by atoms with E-state index in [1.807, 2.05) is 23.1 Å². The summed E-state index contributed by atoms with van der Waals surface area (Å²) in [5, 5.41) is 2.69. The molecule has 0 fully saturated rings. The van der Waals surface area contributed by atoms with Gasteiger partial charge in [-0.15, -0.1) is 0 Å². The molecule has 2 aromatic carbocycles. The molecule has 0 aromatic heterocycles. The predicted molar refractivity (Wildman–Crippen MR) is 103 cm³/mol. The minimum absolute atomic E-state index is 0.0158. The zero-order valence-electron chi connectivity index (χ0n) is 14.3. The van der Waals surface area contributed by atoms with Crippen molar-refractivity contribution in [2.75, 3.05) is 18.0 Å². The molecule has 136 valence electrons. The molecule has 0 radical (unpaired) electrons. The molecule has 6 heteroatoms. The Balaban J connectivity index is 1.61. The maximum Gasteiger partial charge on any atom is 0.252 e. The topological polar surface area (TPSA) is 49.4 Å². The van der Waals surface area contributed by atoms with E-state index in [9.17, 15) is 14.0 Å². The van der Waals surface area contributed by atoms with Crippen LogP contribution in [0.5, 0.6) is 0 Å². The largest absolute Gasteiger partial charge is 0.351 e. The molecule has 2 amide bonds. The lowest BCUT2D eigenvalue weighted by molar-refractivity contribution is -0.118. The second-order valence-corrected chi connectivity index (χ2v) is 7.12. The van der Waals surface area contributed by atoms with Crippen molar-refractivity contribution in [3.8, 4) is 0 Å². The van der Waals surface area contributed by atoms with Crippen LogP contribution in [0.1, 0.15) is 35.2 Å². The maximum absolute atomic E-state index is 13.3. The number of anilines is 1. The maximum atomic E-state index is 13.3. The van der Waals surface area contributed by atoms with Crippen molar-refractivity contribution in [1.29, 1.82) is 0 Å². The molecule has 2 aromatic rings. The highest BCUT2D eigenvalue weighted by Gasteiger charge is 2.21. The van der Waals surface area contributed by atoms with E-state index >= 15 is 0 Å². The molecule has 0 aliphatic carbocycles. The van der Waals surface area contributed by atoms with E-state index in [4.69, 9.17) is 0 Å². The second-order valence-electron chi connectivity index (χ2n) is 6.26. The number of hydrogen-bond donors (Lipinski definition) is 1. The molecule has 1 aliphatic heterocycles. The minimum Gasteiger partial charge on any atom is -0.351 e. The Labute approximate surface area is 160 Å². The Morgan fingerprint density at radius 1 is 1.15 bits per heavy atom. The number of carbonyl (C=O) groups is 2. The first-order chi connectivity index (χ1) is 12.6. The number of aryl methyl sites for hydroxylation is 1. The van der Waals surface area contributed by atoms with Crippen LogP contribution in [0.25, 0.3) is 0 Å². The van der Waals surface area contributed by atoms with E-state index in [-0.39, 0.29) is 24.4 Å². The Morgan fingerprint density at radius 3 is 2.81 bits per heavy atom. The van der Waals surface area contributed by atoms with Crippen molar-refractivity contribution in [1.82, 2.24) is 5.32 Å². The van der Waals surface area contributed by atoms with Gasteiger partial charge < -0.3 is 10.2 Å². The number of halogens is 2. The summed E-state index contributed by atoms with van der Waals surface area (Å²) in [6.45, 7) is 0.901. The van der Waals surface area contributed by atoms with E-state index in [0.717, 1.165) is 24.9 Å². The van der Waals surface area contributed by atoms with E-state index in [0.29, 0.717) is 11.0 Å². The third-order valence-electron chi connectivity index (χ3n) is 4.46. The molecule has 0 saturated carbocycles. The third kappa shape index (κ3) is 4.30. The van der Waals surface area contributed by atoms with Gasteiger partial charge in [-0.25, -0.2) is 4.39 Å². The van der Waals surface area contributed by atoms with Gasteiger partial charge in [0.15, 0.2) is 0 Å². The molecule has 0 spiro atoms. The van der Waals surface area contributed by atoms with Crippen LogP contribution in [-0.4, -0.2) is 24.9 Å². The quantitative estimate of drug-likeness (QED) is 0.812. The van der Waals surface area contributed by atoms with Gasteiger partial charge in [-0.1, -0.05) is 18.2 Å². The van der Waals surface area contributed by atoms with Crippen LogP contribution in [0, 0.1) is 5.82 Å². The first kappa shape index (κ1) is 18.6. The summed E-state index contributed by atoms with van der Waals surface area (Å²) in [6.07, 6.45) is 3.20. The van der Waals surface area contributed by atoms with Gasteiger partial charge in [0.25, 0.3) is 5.91 Å². The standard InChI is InChI=1S/C20H20BrFN2O2/c21-17-9-8-15(22)13-16(17)20(26)23-11-10-19(25)24-12-4-3-6-14-5-1-2-7-18(14)24/h1-2,5,7-9,13H,3-4,6,10-12H2,(H,23,26). The summed E-state index contributed by atoms with van der Waals surface area (Å²) >= 11 is 3.24. The number of carbonyl (C=O) groups excluding carboxylic acids is 2. The second kappa shape index (κ2) is 8.45. The van der Waals surface area contributed by atoms with Crippen LogP contribution in [0.3, 0.4) is 0 Å². The SMILES string of the molecule is O=C(NCCC(=O)N1CCCCc2ccccc21)c1cc(F)ccc1Br. The number of nitrogens with zero attached hydrogens (tertiary/aromatic N) is 1. The number of rotatable bonds is 4. The number of amides is 2. The summed E-state index contributed by atoms with van der Waals surface area (Å²) in [6, 6.07) is 11.9. The Morgan fingerprint density at radius 2 is 1.96 bits per heavy atom. The van der Waals surface area contributed by atoms with Gasteiger partial charge in [-0.2, -0.15) is 0 Å². The van der Waals surface area contributed by atoms with Crippen molar-refractivity contribution in [3.05, 3.63) is 63.9 Å². The Kier molecular flexibility index (Phi) is 6.04. The van der Waals surface area contributed by atoms with Crippen LogP contribution in [-0.2, 0) is 11.2 Å².